The van der Waals surface area contributed by atoms with E-state index in [-0.39, 0.29) is 12.2 Å². The minimum absolute atomic E-state index is 0.0607. The van der Waals surface area contributed by atoms with E-state index in [4.69, 9.17) is 0 Å². The molecule has 0 fully saturated rings. The summed E-state index contributed by atoms with van der Waals surface area (Å²) >= 11 is 0. The number of aliphatic hydroxyl groups is 1. The van der Waals surface area contributed by atoms with Gasteiger partial charge in [-0.3, -0.25) is 4.79 Å². The molecular formula is C8H11NO4. The van der Waals surface area contributed by atoms with Gasteiger partial charge in [0.2, 0.25) is 0 Å². The van der Waals surface area contributed by atoms with Crippen molar-refractivity contribution in [3.05, 3.63) is 11.3 Å². The lowest BCUT2D eigenvalue weighted by Gasteiger charge is -2.14. The van der Waals surface area contributed by atoms with Gasteiger partial charge in [-0.05, 0) is 6.92 Å². The molecule has 1 heterocycles. The van der Waals surface area contributed by atoms with Crippen LogP contribution in [0.1, 0.15) is 13.3 Å². The molecule has 0 spiro atoms. The molecule has 0 unspecified atom stereocenters. The molecule has 1 aliphatic heterocycles. The molecule has 1 amide bonds. The third kappa shape index (κ3) is 1.99. The fourth-order valence-electron chi connectivity index (χ4n) is 1.06. The first-order valence-electron chi connectivity index (χ1n) is 4.04. The van der Waals surface area contributed by atoms with Crippen LogP contribution >= 0.6 is 0 Å². The topological polar surface area (TPSA) is 75.6 Å². The van der Waals surface area contributed by atoms with Gasteiger partial charge in [0.25, 0.3) is 5.91 Å². The Morgan fingerprint density at radius 2 is 2.38 bits per heavy atom. The molecule has 0 atom stereocenters. The molecule has 0 aliphatic carbocycles. The molecule has 0 aromatic rings. The van der Waals surface area contributed by atoms with E-state index in [2.05, 4.69) is 10.1 Å². The van der Waals surface area contributed by atoms with Crippen LogP contribution in [0.4, 0.5) is 0 Å². The Labute approximate surface area is 75.4 Å². The second-order valence-corrected chi connectivity index (χ2v) is 2.55. The summed E-state index contributed by atoms with van der Waals surface area (Å²) < 4.78 is 4.66. The van der Waals surface area contributed by atoms with Gasteiger partial charge in [-0.15, -0.1) is 0 Å². The fraction of sp³-hybridized carbons (Fsp3) is 0.500. The van der Waals surface area contributed by atoms with Crippen LogP contribution in [0.3, 0.4) is 0 Å². The minimum atomic E-state index is -0.616. The lowest BCUT2D eigenvalue weighted by atomic mass is 10.1. The maximum absolute atomic E-state index is 11.1. The van der Waals surface area contributed by atoms with Crippen LogP contribution < -0.4 is 5.32 Å². The van der Waals surface area contributed by atoms with Gasteiger partial charge in [0, 0.05) is 13.0 Å². The van der Waals surface area contributed by atoms with Crippen LogP contribution in [-0.2, 0) is 14.3 Å². The molecule has 1 rings (SSSR count). The van der Waals surface area contributed by atoms with Gasteiger partial charge in [0.1, 0.15) is 0 Å². The molecule has 13 heavy (non-hydrogen) atoms. The first kappa shape index (κ1) is 9.57. The van der Waals surface area contributed by atoms with Gasteiger partial charge in [-0.25, -0.2) is 4.79 Å². The van der Waals surface area contributed by atoms with Crippen LogP contribution in [0.2, 0.25) is 0 Å². The first-order chi connectivity index (χ1) is 6.16. The number of esters is 1. The van der Waals surface area contributed by atoms with Gasteiger partial charge in [-0.2, -0.15) is 0 Å². The summed E-state index contributed by atoms with van der Waals surface area (Å²) in [6.07, 6.45) is 0.316. The number of aliphatic hydroxyl groups excluding tert-OH is 1. The van der Waals surface area contributed by atoms with E-state index in [0.717, 1.165) is 0 Å². The predicted octanol–water partition coefficient (Wildman–Crippen LogP) is -0.118. The van der Waals surface area contributed by atoms with Crippen LogP contribution in [0, 0.1) is 0 Å². The third-order valence-corrected chi connectivity index (χ3v) is 1.68. The summed E-state index contributed by atoms with van der Waals surface area (Å²) in [6.45, 7) is 2.26. The number of hydrogen-bond donors (Lipinski definition) is 2. The molecule has 1 aliphatic rings. The zero-order valence-corrected chi connectivity index (χ0v) is 7.29. The van der Waals surface area contributed by atoms with Crippen molar-refractivity contribution in [2.24, 2.45) is 0 Å². The quantitative estimate of drug-likeness (QED) is 0.588. The number of carbonyl (C=O) groups is 2. The molecule has 0 aromatic carbocycles. The number of hydrogen-bond acceptors (Lipinski definition) is 4. The molecule has 0 saturated heterocycles. The van der Waals surface area contributed by atoms with Crippen molar-refractivity contribution in [2.75, 3.05) is 13.2 Å². The summed E-state index contributed by atoms with van der Waals surface area (Å²) in [5, 5.41) is 11.6. The van der Waals surface area contributed by atoms with E-state index >= 15 is 0 Å². The average molecular weight is 185 g/mol. The van der Waals surface area contributed by atoms with Crippen molar-refractivity contribution in [3.63, 3.8) is 0 Å². The first-order valence-corrected chi connectivity index (χ1v) is 4.04. The van der Waals surface area contributed by atoms with E-state index in [9.17, 15) is 14.7 Å². The van der Waals surface area contributed by atoms with E-state index in [1.165, 1.54) is 0 Å². The van der Waals surface area contributed by atoms with Crippen molar-refractivity contribution in [1.29, 1.82) is 0 Å². The summed E-state index contributed by atoms with van der Waals surface area (Å²) in [4.78, 5) is 22.0. The molecule has 2 N–H and O–H groups in total. The molecule has 5 heteroatoms. The van der Waals surface area contributed by atoms with E-state index in [1.807, 2.05) is 0 Å². The number of carbonyl (C=O) groups excluding carboxylic acids is 2. The van der Waals surface area contributed by atoms with Crippen LogP contribution in [0.25, 0.3) is 0 Å². The zero-order valence-electron chi connectivity index (χ0n) is 7.29. The minimum Gasteiger partial charge on any atom is -0.503 e. The van der Waals surface area contributed by atoms with Crippen molar-refractivity contribution in [3.8, 4) is 0 Å². The summed E-state index contributed by atoms with van der Waals surface area (Å²) in [5.74, 6) is -1.76. The van der Waals surface area contributed by atoms with Gasteiger partial charge in [-0.1, -0.05) is 0 Å². The molecule has 0 radical (unpaired) electrons. The molecule has 0 aromatic heterocycles. The summed E-state index contributed by atoms with van der Waals surface area (Å²) in [5.41, 5.74) is 0.0607. The van der Waals surface area contributed by atoms with Crippen molar-refractivity contribution in [1.82, 2.24) is 5.32 Å². The number of amides is 1. The Kier molecular flexibility index (Phi) is 2.89. The fourth-order valence-corrected chi connectivity index (χ4v) is 1.06. The van der Waals surface area contributed by atoms with E-state index in [1.54, 1.807) is 6.92 Å². The summed E-state index contributed by atoms with van der Waals surface area (Å²) in [7, 11) is 0. The summed E-state index contributed by atoms with van der Waals surface area (Å²) in [6, 6.07) is 0. The maximum atomic E-state index is 11.1. The van der Waals surface area contributed by atoms with E-state index in [0.29, 0.717) is 13.0 Å². The SMILES string of the molecule is CCOC(=O)C1=C(O)C(=O)NCC1. The molecule has 72 valence electrons. The lowest BCUT2D eigenvalue weighted by Crippen LogP contribution is -2.33. The number of nitrogens with one attached hydrogen (secondary N) is 1. The van der Waals surface area contributed by atoms with Gasteiger partial charge >= 0.3 is 5.97 Å². The molecule has 0 bridgehead atoms. The highest BCUT2D eigenvalue weighted by Gasteiger charge is 2.24. The standard InChI is InChI=1S/C8H11NO4/c1-2-13-8(12)5-3-4-9-7(11)6(5)10/h10H,2-4H2,1H3,(H,9,11). The zero-order chi connectivity index (χ0) is 9.84. The largest absolute Gasteiger partial charge is 0.503 e. The van der Waals surface area contributed by atoms with Crippen molar-refractivity contribution >= 4 is 11.9 Å². The lowest BCUT2D eigenvalue weighted by molar-refractivity contribution is -0.139. The van der Waals surface area contributed by atoms with E-state index < -0.39 is 17.6 Å². The maximum Gasteiger partial charge on any atom is 0.338 e. The third-order valence-electron chi connectivity index (χ3n) is 1.68. The van der Waals surface area contributed by atoms with Gasteiger partial charge in [0.15, 0.2) is 5.76 Å². The highest BCUT2D eigenvalue weighted by Crippen LogP contribution is 2.12. The van der Waals surface area contributed by atoms with Crippen molar-refractivity contribution in [2.45, 2.75) is 13.3 Å². The predicted molar refractivity (Wildman–Crippen MR) is 43.9 cm³/mol. The Morgan fingerprint density at radius 1 is 1.69 bits per heavy atom. The molecule has 0 saturated carbocycles. The average Bonchev–Trinajstić information content (AvgIpc) is 2.10. The Morgan fingerprint density at radius 3 is 3.00 bits per heavy atom. The Balaban J connectivity index is 2.82. The molecule has 5 nitrogen and oxygen atoms in total. The van der Waals surface area contributed by atoms with Gasteiger partial charge in [0.05, 0.1) is 12.2 Å². The monoisotopic (exact) mass is 185 g/mol. The van der Waals surface area contributed by atoms with Crippen LogP contribution in [0.5, 0.6) is 0 Å². The Hall–Kier alpha value is -1.52. The number of rotatable bonds is 2. The highest BCUT2D eigenvalue weighted by molar-refractivity contribution is 6.02. The van der Waals surface area contributed by atoms with Gasteiger partial charge < -0.3 is 15.2 Å². The number of ether oxygens (including phenoxy) is 1. The smallest absolute Gasteiger partial charge is 0.338 e. The molecular weight excluding hydrogens is 174 g/mol. The normalized spacial score (nSPS) is 16.8. The van der Waals surface area contributed by atoms with Crippen molar-refractivity contribution < 1.29 is 19.4 Å². The van der Waals surface area contributed by atoms with Crippen LogP contribution in [-0.4, -0.2) is 30.1 Å². The second-order valence-electron chi connectivity index (χ2n) is 2.55. The highest BCUT2D eigenvalue weighted by atomic mass is 16.5. The Bertz CT molecular complexity index is 269. The van der Waals surface area contributed by atoms with Crippen LogP contribution in [0.15, 0.2) is 11.3 Å². The second kappa shape index (κ2) is 3.93.